The molecule has 1 heterocycles. The number of carboxylic acid groups (broad SMARTS) is 1. The van der Waals surface area contributed by atoms with Crippen molar-refractivity contribution in [2.45, 2.75) is 6.54 Å². The summed E-state index contributed by atoms with van der Waals surface area (Å²) in [7, 11) is 0. The predicted molar refractivity (Wildman–Crippen MR) is 67.8 cm³/mol. The maximum atomic E-state index is 12.9. The highest BCUT2D eigenvalue weighted by molar-refractivity contribution is 7.17. The first-order valence-electron chi connectivity index (χ1n) is 4.93. The number of hydrogen-bond acceptors (Lipinski definition) is 4. The highest BCUT2D eigenvalue weighted by Gasteiger charge is 2.08. The van der Waals surface area contributed by atoms with Crippen LogP contribution in [0.2, 0.25) is 5.02 Å². The van der Waals surface area contributed by atoms with Gasteiger partial charge in [0.15, 0.2) is 5.13 Å². The van der Waals surface area contributed by atoms with Gasteiger partial charge in [-0.2, -0.15) is 0 Å². The molecule has 0 aliphatic rings. The van der Waals surface area contributed by atoms with Crippen LogP contribution in [0.3, 0.4) is 0 Å². The first-order chi connectivity index (χ1) is 8.56. The Morgan fingerprint density at radius 2 is 2.33 bits per heavy atom. The van der Waals surface area contributed by atoms with Crippen molar-refractivity contribution in [3.8, 4) is 0 Å². The molecule has 18 heavy (non-hydrogen) atoms. The third kappa shape index (κ3) is 2.96. The third-order valence-electron chi connectivity index (χ3n) is 2.14. The molecule has 1 aromatic carbocycles. The lowest BCUT2D eigenvalue weighted by Gasteiger charge is -2.03. The SMILES string of the molecule is O=C(O)c1cnc(NCc2ccc(F)c(Cl)c2)s1. The minimum atomic E-state index is -1.01. The molecule has 0 fully saturated rings. The van der Waals surface area contributed by atoms with Gasteiger partial charge in [-0.05, 0) is 17.7 Å². The lowest BCUT2D eigenvalue weighted by molar-refractivity contribution is 0.0702. The first kappa shape index (κ1) is 12.8. The van der Waals surface area contributed by atoms with E-state index in [0.29, 0.717) is 11.7 Å². The lowest BCUT2D eigenvalue weighted by atomic mass is 10.2. The number of rotatable bonds is 4. The van der Waals surface area contributed by atoms with Gasteiger partial charge in [-0.25, -0.2) is 14.2 Å². The molecule has 1 aromatic heterocycles. The Labute approximate surface area is 111 Å². The number of anilines is 1. The molecule has 0 saturated heterocycles. The standard InChI is InChI=1S/C11H8ClFN2O2S/c12-7-3-6(1-2-8(7)13)4-14-11-15-5-9(18-11)10(16)17/h1-3,5H,4H2,(H,14,15)(H,16,17). The van der Waals surface area contributed by atoms with Gasteiger partial charge >= 0.3 is 5.97 Å². The Hall–Kier alpha value is -1.66. The number of carbonyl (C=O) groups is 1. The van der Waals surface area contributed by atoms with Crippen LogP contribution in [-0.2, 0) is 6.54 Å². The van der Waals surface area contributed by atoms with E-state index in [1.54, 1.807) is 6.07 Å². The zero-order valence-electron chi connectivity index (χ0n) is 8.98. The molecule has 4 nitrogen and oxygen atoms in total. The molecule has 2 rings (SSSR count). The summed E-state index contributed by atoms with van der Waals surface area (Å²) in [4.78, 5) is 14.7. The van der Waals surface area contributed by atoms with Crippen LogP contribution in [0, 0.1) is 5.82 Å². The van der Waals surface area contributed by atoms with E-state index in [1.807, 2.05) is 0 Å². The van der Waals surface area contributed by atoms with Crippen LogP contribution in [0.5, 0.6) is 0 Å². The van der Waals surface area contributed by atoms with Crippen LogP contribution in [0.4, 0.5) is 9.52 Å². The van der Waals surface area contributed by atoms with Gasteiger partial charge < -0.3 is 10.4 Å². The number of carboxylic acids is 1. The minimum absolute atomic E-state index is 0.0552. The number of aromatic nitrogens is 1. The van der Waals surface area contributed by atoms with E-state index in [0.717, 1.165) is 16.9 Å². The molecule has 94 valence electrons. The average molecular weight is 287 g/mol. The Bertz CT molecular complexity index is 588. The summed E-state index contributed by atoms with van der Waals surface area (Å²) in [6.07, 6.45) is 1.28. The van der Waals surface area contributed by atoms with Gasteiger partial charge in [0.1, 0.15) is 10.7 Å². The second kappa shape index (κ2) is 5.32. The van der Waals surface area contributed by atoms with Gasteiger partial charge in [0.25, 0.3) is 0 Å². The molecule has 0 aliphatic carbocycles. The summed E-state index contributed by atoms with van der Waals surface area (Å²) in [5.74, 6) is -1.48. The summed E-state index contributed by atoms with van der Waals surface area (Å²) in [5, 5.41) is 12.2. The molecule has 0 amide bonds. The van der Waals surface area contributed by atoms with Crippen molar-refractivity contribution in [1.82, 2.24) is 4.98 Å². The molecular formula is C11H8ClFN2O2S. The minimum Gasteiger partial charge on any atom is -0.477 e. The summed E-state index contributed by atoms with van der Waals surface area (Å²) >= 11 is 6.69. The maximum Gasteiger partial charge on any atom is 0.347 e. The highest BCUT2D eigenvalue weighted by atomic mass is 35.5. The molecule has 2 N–H and O–H groups in total. The molecule has 0 aliphatic heterocycles. The van der Waals surface area contributed by atoms with Crippen molar-refractivity contribution in [2.24, 2.45) is 0 Å². The number of nitrogens with one attached hydrogen (secondary N) is 1. The second-order valence-corrected chi connectivity index (χ2v) is 4.87. The fourth-order valence-corrected chi connectivity index (χ4v) is 2.14. The largest absolute Gasteiger partial charge is 0.477 e. The van der Waals surface area contributed by atoms with Crippen molar-refractivity contribution in [3.63, 3.8) is 0 Å². The Kier molecular flexibility index (Phi) is 3.78. The van der Waals surface area contributed by atoms with Gasteiger partial charge in [-0.1, -0.05) is 29.0 Å². The fraction of sp³-hybridized carbons (Fsp3) is 0.0909. The van der Waals surface area contributed by atoms with E-state index in [-0.39, 0.29) is 9.90 Å². The van der Waals surface area contributed by atoms with Gasteiger partial charge in [-0.3, -0.25) is 0 Å². The first-order valence-corrected chi connectivity index (χ1v) is 6.12. The molecule has 7 heteroatoms. The van der Waals surface area contributed by atoms with Crippen LogP contribution in [-0.4, -0.2) is 16.1 Å². The zero-order chi connectivity index (χ0) is 13.1. The van der Waals surface area contributed by atoms with Crippen LogP contribution in [0.1, 0.15) is 15.2 Å². The van der Waals surface area contributed by atoms with Crippen molar-refractivity contribution in [1.29, 1.82) is 0 Å². The molecule has 0 radical (unpaired) electrons. The molecule has 0 atom stereocenters. The van der Waals surface area contributed by atoms with Crippen molar-refractivity contribution in [3.05, 3.63) is 45.7 Å². The number of aromatic carboxylic acids is 1. The zero-order valence-corrected chi connectivity index (χ0v) is 10.6. The van der Waals surface area contributed by atoms with E-state index in [1.165, 1.54) is 18.3 Å². The van der Waals surface area contributed by atoms with Gasteiger partial charge in [-0.15, -0.1) is 0 Å². The second-order valence-electron chi connectivity index (χ2n) is 3.44. The molecular weight excluding hydrogens is 279 g/mol. The quantitative estimate of drug-likeness (QED) is 0.906. The molecule has 0 saturated carbocycles. The Balaban J connectivity index is 2.02. The monoisotopic (exact) mass is 286 g/mol. The number of thiazole rings is 1. The third-order valence-corrected chi connectivity index (χ3v) is 3.38. The maximum absolute atomic E-state index is 12.9. The van der Waals surface area contributed by atoms with Crippen molar-refractivity contribution >= 4 is 34.0 Å². The number of hydrogen-bond donors (Lipinski definition) is 2. The smallest absolute Gasteiger partial charge is 0.347 e. The van der Waals surface area contributed by atoms with E-state index < -0.39 is 11.8 Å². The molecule has 0 unspecified atom stereocenters. The van der Waals surface area contributed by atoms with Crippen molar-refractivity contribution < 1.29 is 14.3 Å². The lowest BCUT2D eigenvalue weighted by Crippen LogP contribution is -1.98. The summed E-state index contributed by atoms with van der Waals surface area (Å²) < 4.78 is 12.9. The summed E-state index contributed by atoms with van der Waals surface area (Å²) in [5.41, 5.74) is 0.786. The van der Waals surface area contributed by atoms with Crippen LogP contribution in [0.15, 0.2) is 24.4 Å². The topological polar surface area (TPSA) is 62.2 Å². The molecule has 2 aromatic rings. The van der Waals surface area contributed by atoms with E-state index >= 15 is 0 Å². The Morgan fingerprint density at radius 3 is 2.94 bits per heavy atom. The van der Waals surface area contributed by atoms with Gasteiger partial charge in [0.2, 0.25) is 0 Å². The highest BCUT2D eigenvalue weighted by Crippen LogP contribution is 2.20. The number of benzene rings is 1. The van der Waals surface area contributed by atoms with Gasteiger partial charge in [0.05, 0.1) is 11.2 Å². The fourth-order valence-electron chi connectivity index (χ4n) is 1.28. The van der Waals surface area contributed by atoms with E-state index in [4.69, 9.17) is 16.7 Å². The molecule has 0 bridgehead atoms. The number of halogens is 2. The predicted octanol–water partition coefficient (Wildman–Crippen LogP) is 3.25. The van der Waals surface area contributed by atoms with E-state index in [2.05, 4.69) is 10.3 Å². The molecule has 0 spiro atoms. The van der Waals surface area contributed by atoms with Crippen LogP contribution in [0.25, 0.3) is 0 Å². The average Bonchev–Trinajstić information content (AvgIpc) is 2.79. The normalized spacial score (nSPS) is 10.3. The summed E-state index contributed by atoms with van der Waals surface area (Å²) in [6, 6.07) is 4.39. The van der Waals surface area contributed by atoms with E-state index in [9.17, 15) is 9.18 Å². The van der Waals surface area contributed by atoms with Crippen LogP contribution >= 0.6 is 22.9 Å². The van der Waals surface area contributed by atoms with Crippen molar-refractivity contribution in [2.75, 3.05) is 5.32 Å². The summed E-state index contributed by atoms with van der Waals surface area (Å²) in [6.45, 7) is 0.395. The number of nitrogens with zero attached hydrogens (tertiary/aromatic N) is 1. The van der Waals surface area contributed by atoms with Crippen LogP contribution < -0.4 is 5.32 Å². The Morgan fingerprint density at radius 1 is 1.56 bits per heavy atom. The van der Waals surface area contributed by atoms with Gasteiger partial charge in [0, 0.05) is 6.54 Å².